The lowest BCUT2D eigenvalue weighted by Crippen LogP contribution is -2.27. The van der Waals surface area contributed by atoms with Crippen LogP contribution in [0.5, 0.6) is 0 Å². The van der Waals surface area contributed by atoms with E-state index in [2.05, 4.69) is 0 Å². The van der Waals surface area contributed by atoms with Gasteiger partial charge in [-0.3, -0.25) is 4.79 Å². The number of Topliss-reactive ketones (excluding diaryl/α,β-unsaturated/α-hetero) is 1. The van der Waals surface area contributed by atoms with Gasteiger partial charge < -0.3 is 0 Å². The van der Waals surface area contributed by atoms with Gasteiger partial charge in [-0.1, -0.05) is 11.6 Å². The Hall–Kier alpha value is 0.230. The summed E-state index contributed by atoms with van der Waals surface area (Å²) in [4.78, 5) is 12.4. The van der Waals surface area contributed by atoms with Gasteiger partial charge in [-0.15, -0.1) is 35.3 Å². The van der Waals surface area contributed by atoms with Crippen LogP contribution in [0.3, 0.4) is 0 Å². The predicted molar refractivity (Wildman–Crippen MR) is 79.1 cm³/mol. The molecule has 0 radical (unpaired) electrons. The Balaban J connectivity index is 3.04. The number of benzene rings is 1. The highest BCUT2D eigenvalue weighted by Crippen LogP contribution is 2.45. The SMILES string of the molecule is CSC(SC)(SC)C(=O)c1ccc(Cl)cc1. The Bertz CT molecular complexity index is 352. The number of carbonyl (C=O) groups excluding carboxylic acids is 1. The van der Waals surface area contributed by atoms with E-state index < -0.39 is 3.41 Å². The molecule has 16 heavy (non-hydrogen) atoms. The molecule has 0 aliphatic rings. The van der Waals surface area contributed by atoms with Crippen molar-refractivity contribution >= 4 is 52.7 Å². The minimum absolute atomic E-state index is 0.136. The summed E-state index contributed by atoms with van der Waals surface area (Å²) in [5, 5.41) is 0.652. The van der Waals surface area contributed by atoms with Crippen molar-refractivity contribution in [2.75, 3.05) is 18.8 Å². The van der Waals surface area contributed by atoms with Gasteiger partial charge in [0.1, 0.15) is 0 Å². The van der Waals surface area contributed by atoms with Gasteiger partial charge in [0.05, 0.1) is 0 Å². The fourth-order valence-electron chi connectivity index (χ4n) is 1.31. The van der Waals surface area contributed by atoms with Crippen LogP contribution in [0, 0.1) is 0 Å². The zero-order valence-electron chi connectivity index (χ0n) is 9.32. The molecule has 5 heteroatoms. The molecule has 0 fully saturated rings. The Morgan fingerprint density at radius 1 is 1.06 bits per heavy atom. The fourth-order valence-corrected chi connectivity index (χ4v) is 4.34. The average Bonchev–Trinajstić information content (AvgIpc) is 2.33. The molecule has 0 saturated heterocycles. The van der Waals surface area contributed by atoms with Crippen LogP contribution >= 0.6 is 46.9 Å². The first-order valence-electron chi connectivity index (χ1n) is 4.55. The molecule has 1 nitrogen and oxygen atoms in total. The third-order valence-electron chi connectivity index (χ3n) is 2.19. The van der Waals surface area contributed by atoms with Gasteiger partial charge in [0.25, 0.3) is 0 Å². The van der Waals surface area contributed by atoms with E-state index in [1.54, 1.807) is 59.6 Å². The van der Waals surface area contributed by atoms with Crippen molar-refractivity contribution in [1.82, 2.24) is 0 Å². The summed E-state index contributed by atoms with van der Waals surface area (Å²) in [5.74, 6) is 0.136. The molecule has 88 valence electrons. The number of carbonyl (C=O) groups is 1. The minimum atomic E-state index is -0.451. The van der Waals surface area contributed by atoms with E-state index in [1.807, 2.05) is 18.8 Å². The van der Waals surface area contributed by atoms with Gasteiger partial charge in [-0.05, 0) is 43.0 Å². The molecule has 1 aromatic carbocycles. The van der Waals surface area contributed by atoms with Crippen molar-refractivity contribution in [1.29, 1.82) is 0 Å². The molecule has 0 bridgehead atoms. The summed E-state index contributed by atoms with van der Waals surface area (Å²) in [6.07, 6.45) is 5.88. The highest BCUT2D eigenvalue weighted by Gasteiger charge is 2.36. The molecule has 0 atom stereocenters. The number of ketones is 1. The lowest BCUT2D eigenvalue weighted by Gasteiger charge is -2.26. The van der Waals surface area contributed by atoms with E-state index in [0.29, 0.717) is 10.6 Å². The Labute approximate surface area is 114 Å². The van der Waals surface area contributed by atoms with Crippen LogP contribution in [0.4, 0.5) is 0 Å². The molecular weight excluding hydrogens is 280 g/mol. The van der Waals surface area contributed by atoms with Crippen LogP contribution in [0.2, 0.25) is 5.02 Å². The van der Waals surface area contributed by atoms with E-state index in [1.165, 1.54) is 0 Å². The highest BCUT2D eigenvalue weighted by molar-refractivity contribution is 8.34. The normalized spacial score (nSPS) is 11.5. The molecule has 0 unspecified atom stereocenters. The summed E-state index contributed by atoms with van der Waals surface area (Å²) >= 11 is 10.5. The number of hydrogen-bond donors (Lipinski definition) is 0. The van der Waals surface area contributed by atoms with Crippen molar-refractivity contribution in [2.45, 2.75) is 3.41 Å². The number of rotatable bonds is 5. The van der Waals surface area contributed by atoms with Crippen LogP contribution < -0.4 is 0 Å². The van der Waals surface area contributed by atoms with Gasteiger partial charge in [-0.25, -0.2) is 0 Å². The third kappa shape index (κ3) is 2.92. The number of halogens is 1. The Morgan fingerprint density at radius 3 is 1.88 bits per heavy atom. The monoisotopic (exact) mass is 292 g/mol. The molecule has 1 rings (SSSR count). The summed E-state index contributed by atoms with van der Waals surface area (Å²) in [7, 11) is 0. The van der Waals surface area contributed by atoms with E-state index in [-0.39, 0.29) is 5.78 Å². The maximum atomic E-state index is 12.4. The van der Waals surface area contributed by atoms with Gasteiger partial charge >= 0.3 is 0 Å². The van der Waals surface area contributed by atoms with Gasteiger partial charge in [0.2, 0.25) is 0 Å². The second-order valence-electron chi connectivity index (χ2n) is 3.00. The lowest BCUT2D eigenvalue weighted by molar-refractivity contribution is 0.100. The van der Waals surface area contributed by atoms with Crippen molar-refractivity contribution in [3.05, 3.63) is 34.9 Å². The van der Waals surface area contributed by atoms with Gasteiger partial charge in [0, 0.05) is 10.6 Å². The van der Waals surface area contributed by atoms with E-state index in [0.717, 1.165) is 0 Å². The number of hydrogen-bond acceptors (Lipinski definition) is 4. The van der Waals surface area contributed by atoms with Crippen molar-refractivity contribution in [2.24, 2.45) is 0 Å². The smallest absolute Gasteiger partial charge is 0.199 e. The molecule has 0 spiro atoms. The van der Waals surface area contributed by atoms with Crippen LogP contribution in [-0.4, -0.2) is 28.0 Å². The van der Waals surface area contributed by atoms with Crippen molar-refractivity contribution in [3.8, 4) is 0 Å². The molecule has 0 aliphatic carbocycles. The Kier molecular flexibility index (Phi) is 5.57. The average molecular weight is 293 g/mol. The molecule has 0 aliphatic heterocycles. The van der Waals surface area contributed by atoms with Gasteiger partial charge in [-0.2, -0.15) is 0 Å². The first-order chi connectivity index (χ1) is 7.59. The summed E-state index contributed by atoms with van der Waals surface area (Å²) in [5.41, 5.74) is 0.711. The van der Waals surface area contributed by atoms with Crippen LogP contribution in [0.15, 0.2) is 24.3 Å². The standard InChI is InChI=1S/C11H13ClOS3/c1-14-11(15-2,16-3)10(13)8-4-6-9(12)7-5-8/h4-7H,1-3H3. The van der Waals surface area contributed by atoms with Crippen molar-refractivity contribution < 1.29 is 4.79 Å². The number of thioether (sulfide) groups is 3. The summed E-state index contributed by atoms with van der Waals surface area (Å²) in [6, 6.07) is 7.06. The maximum Gasteiger partial charge on any atom is 0.199 e. The summed E-state index contributed by atoms with van der Waals surface area (Å²) < 4.78 is -0.451. The zero-order chi connectivity index (χ0) is 12.2. The Morgan fingerprint density at radius 2 is 1.50 bits per heavy atom. The highest BCUT2D eigenvalue weighted by atomic mass is 35.5. The quantitative estimate of drug-likeness (QED) is 0.595. The molecule has 0 saturated carbocycles. The van der Waals surface area contributed by atoms with Crippen LogP contribution in [0.25, 0.3) is 0 Å². The maximum absolute atomic E-state index is 12.4. The minimum Gasteiger partial charge on any atom is -0.291 e. The molecule has 1 aromatic rings. The van der Waals surface area contributed by atoms with Gasteiger partial charge in [0.15, 0.2) is 9.19 Å². The van der Waals surface area contributed by atoms with Crippen LogP contribution in [-0.2, 0) is 0 Å². The molecule has 0 N–H and O–H groups in total. The zero-order valence-corrected chi connectivity index (χ0v) is 12.5. The topological polar surface area (TPSA) is 17.1 Å². The van der Waals surface area contributed by atoms with Crippen LogP contribution in [0.1, 0.15) is 10.4 Å². The second kappa shape index (κ2) is 6.24. The van der Waals surface area contributed by atoms with Crippen molar-refractivity contribution in [3.63, 3.8) is 0 Å². The third-order valence-corrected chi connectivity index (χ3v) is 7.61. The lowest BCUT2D eigenvalue weighted by atomic mass is 10.1. The fraction of sp³-hybridized carbons (Fsp3) is 0.364. The molecular formula is C11H13ClOS3. The second-order valence-corrected chi connectivity index (χ2v) is 7.28. The summed E-state index contributed by atoms with van der Waals surface area (Å²) in [6.45, 7) is 0. The molecule has 0 heterocycles. The molecule has 0 aromatic heterocycles. The van der Waals surface area contributed by atoms with E-state index >= 15 is 0 Å². The largest absolute Gasteiger partial charge is 0.291 e. The first-order valence-corrected chi connectivity index (χ1v) is 8.60. The first kappa shape index (κ1) is 14.3. The predicted octanol–water partition coefficient (Wildman–Crippen LogP) is 4.27. The molecule has 0 amide bonds. The van der Waals surface area contributed by atoms with E-state index in [4.69, 9.17) is 11.6 Å². The van der Waals surface area contributed by atoms with E-state index in [9.17, 15) is 4.79 Å².